The Labute approximate surface area is 224 Å². The van der Waals surface area contributed by atoms with Gasteiger partial charge in [-0.15, -0.1) is 0 Å². The van der Waals surface area contributed by atoms with Gasteiger partial charge in [0.1, 0.15) is 6.04 Å². The van der Waals surface area contributed by atoms with Crippen LogP contribution in [-0.2, 0) is 23.9 Å². The van der Waals surface area contributed by atoms with E-state index < -0.39 is 23.3 Å². The normalized spacial score (nSPS) is 11.9. The first-order valence-electron chi connectivity index (χ1n) is 11.5. The molecule has 0 aromatic heterocycles. The van der Waals surface area contributed by atoms with Gasteiger partial charge in [0.2, 0.25) is 5.91 Å². The third kappa shape index (κ3) is 6.50. The Morgan fingerprint density at radius 1 is 1.03 bits per heavy atom. The number of carbonyl (C=O) groups excluding carboxylic acids is 1. The summed E-state index contributed by atoms with van der Waals surface area (Å²) < 4.78 is 52.3. The molecular weight excluding hydrogens is 519 g/mol. The molecule has 0 fully saturated rings. The van der Waals surface area contributed by atoms with Crippen LogP contribution in [0.2, 0.25) is 5.02 Å². The zero-order valence-corrected chi connectivity index (χ0v) is 22.1. The van der Waals surface area contributed by atoms with Crippen LogP contribution < -0.4 is 14.4 Å². The van der Waals surface area contributed by atoms with Gasteiger partial charge in [-0.05, 0) is 47.5 Å². The zero-order valence-electron chi connectivity index (χ0n) is 21.3. The number of hydrogen-bond acceptors (Lipinski definition) is 5. The Hall–Kier alpha value is -3.90. The van der Waals surface area contributed by atoms with E-state index in [0.29, 0.717) is 27.6 Å². The van der Waals surface area contributed by atoms with Crippen LogP contribution in [0.25, 0.3) is 0 Å². The highest BCUT2D eigenvalue weighted by atomic mass is 35.5. The van der Waals surface area contributed by atoms with E-state index in [-0.39, 0.29) is 24.6 Å². The van der Waals surface area contributed by atoms with Crippen LogP contribution in [0, 0.1) is 11.3 Å². The first-order chi connectivity index (χ1) is 18.0. The summed E-state index contributed by atoms with van der Waals surface area (Å²) in [6.07, 6.45) is -4.62. The number of halogens is 4. The van der Waals surface area contributed by atoms with Crippen LogP contribution in [0.5, 0.6) is 11.5 Å². The van der Waals surface area contributed by atoms with Gasteiger partial charge in [-0.2, -0.15) is 18.4 Å². The molecule has 0 aliphatic rings. The number of nitrogens with zero attached hydrogens (tertiary/aromatic N) is 3. The Kier molecular flexibility index (Phi) is 9.13. The summed E-state index contributed by atoms with van der Waals surface area (Å²) in [7, 11) is 6.16. The molecule has 3 aromatic carbocycles. The van der Waals surface area contributed by atoms with Crippen molar-refractivity contribution in [3.05, 3.63) is 87.9 Å². The molecule has 1 atom stereocenters. The summed E-state index contributed by atoms with van der Waals surface area (Å²) in [4.78, 5) is 16.5. The number of likely N-dealkylation sites (N-methyl/N-ethyl adjacent to an activating group) is 1. The number of rotatable bonds is 9. The van der Waals surface area contributed by atoms with Crippen molar-refractivity contribution in [1.29, 1.82) is 5.26 Å². The second-order valence-corrected chi connectivity index (χ2v) is 9.11. The van der Waals surface area contributed by atoms with E-state index in [2.05, 4.69) is 0 Å². The number of anilines is 1. The smallest absolute Gasteiger partial charge is 0.417 e. The van der Waals surface area contributed by atoms with Crippen LogP contribution in [0.1, 0.15) is 22.3 Å². The van der Waals surface area contributed by atoms with Crippen molar-refractivity contribution in [2.75, 3.05) is 33.2 Å². The van der Waals surface area contributed by atoms with E-state index in [1.165, 1.54) is 25.2 Å². The number of alkyl halides is 3. The van der Waals surface area contributed by atoms with Crippen molar-refractivity contribution in [3.8, 4) is 17.6 Å². The lowest BCUT2D eigenvalue weighted by atomic mass is 9.99. The zero-order chi connectivity index (χ0) is 28.0. The first kappa shape index (κ1) is 28.7. The third-order valence-electron chi connectivity index (χ3n) is 6.04. The molecule has 3 rings (SSSR count). The van der Waals surface area contributed by atoms with Gasteiger partial charge < -0.3 is 19.3 Å². The third-order valence-corrected chi connectivity index (χ3v) is 6.41. The predicted octanol–water partition coefficient (Wildman–Crippen LogP) is 5.95. The minimum Gasteiger partial charge on any atom is -0.493 e. The summed E-state index contributed by atoms with van der Waals surface area (Å²) in [5.41, 5.74) is -0.136. The number of methoxy groups -OCH3 is 2. The summed E-state index contributed by atoms with van der Waals surface area (Å²) >= 11 is 6.41. The van der Waals surface area contributed by atoms with E-state index in [9.17, 15) is 23.2 Å². The van der Waals surface area contributed by atoms with Gasteiger partial charge in [-0.3, -0.25) is 4.79 Å². The monoisotopic (exact) mass is 545 g/mol. The van der Waals surface area contributed by atoms with Gasteiger partial charge in [0, 0.05) is 37.8 Å². The summed E-state index contributed by atoms with van der Waals surface area (Å²) in [5, 5.41) is 9.68. The molecule has 0 aliphatic heterocycles. The number of ether oxygens (including phenoxy) is 2. The van der Waals surface area contributed by atoms with Crippen molar-refractivity contribution in [2.24, 2.45) is 0 Å². The molecule has 10 heteroatoms. The Balaban J connectivity index is 2.20. The molecule has 1 amide bonds. The SMILES string of the molecule is COc1ccc(C[C@@H](C(=O)N(C)C)N(Cc2ccccc2Cl)c2ccc(C#N)c(C(F)(F)F)c2)cc1OC. The molecule has 0 radical (unpaired) electrons. The van der Waals surface area contributed by atoms with Crippen LogP contribution in [0.3, 0.4) is 0 Å². The van der Waals surface area contributed by atoms with Crippen molar-refractivity contribution >= 4 is 23.2 Å². The standard InChI is InChI=1S/C28H27ClF3N3O3/c1-34(2)27(36)24(13-18-9-12-25(37-3)26(14-18)38-4)35(17-20-7-5-6-8-23(20)29)21-11-10-19(16-33)22(15-21)28(30,31)32/h5-12,14-15,24H,13,17H2,1-4H3/t24-/m0/s1. The topological polar surface area (TPSA) is 65.8 Å². The molecule has 0 unspecified atom stereocenters. The van der Waals surface area contributed by atoms with E-state index in [1.807, 2.05) is 0 Å². The second-order valence-electron chi connectivity index (χ2n) is 8.70. The minimum atomic E-state index is -4.76. The van der Waals surface area contributed by atoms with Gasteiger partial charge in [0.05, 0.1) is 31.4 Å². The fourth-order valence-electron chi connectivity index (χ4n) is 4.09. The maximum atomic E-state index is 13.9. The van der Waals surface area contributed by atoms with E-state index in [1.54, 1.807) is 67.5 Å². The Morgan fingerprint density at radius 2 is 1.71 bits per heavy atom. The van der Waals surface area contributed by atoms with Crippen molar-refractivity contribution in [1.82, 2.24) is 4.90 Å². The lowest BCUT2D eigenvalue weighted by molar-refractivity contribution is -0.137. The maximum Gasteiger partial charge on any atom is 0.417 e. The van der Waals surface area contributed by atoms with Gasteiger partial charge in [0.25, 0.3) is 0 Å². The van der Waals surface area contributed by atoms with Crippen molar-refractivity contribution < 1.29 is 27.4 Å². The molecule has 6 nitrogen and oxygen atoms in total. The van der Waals surface area contributed by atoms with Gasteiger partial charge in [-0.25, -0.2) is 0 Å². The molecule has 0 spiro atoms. The summed E-state index contributed by atoms with van der Waals surface area (Å²) in [6, 6.07) is 16.2. The van der Waals surface area contributed by atoms with Gasteiger partial charge in [0.15, 0.2) is 11.5 Å². The lowest BCUT2D eigenvalue weighted by Gasteiger charge is -2.35. The molecule has 0 saturated heterocycles. The highest BCUT2D eigenvalue weighted by Crippen LogP contribution is 2.36. The van der Waals surface area contributed by atoms with Crippen LogP contribution in [0.15, 0.2) is 60.7 Å². The molecular formula is C28H27ClF3N3O3. The molecule has 3 aromatic rings. The van der Waals surface area contributed by atoms with Crippen LogP contribution >= 0.6 is 11.6 Å². The van der Waals surface area contributed by atoms with Crippen molar-refractivity contribution in [3.63, 3.8) is 0 Å². The van der Waals surface area contributed by atoms with Gasteiger partial charge in [-0.1, -0.05) is 35.9 Å². The Morgan fingerprint density at radius 3 is 2.29 bits per heavy atom. The van der Waals surface area contributed by atoms with E-state index in [0.717, 1.165) is 12.1 Å². The molecule has 0 saturated carbocycles. The fraction of sp³-hybridized carbons (Fsp3) is 0.286. The molecule has 0 aliphatic carbocycles. The van der Waals surface area contributed by atoms with Crippen LogP contribution in [-0.4, -0.2) is 45.2 Å². The number of carbonyl (C=O) groups is 1. The van der Waals surface area contributed by atoms with Crippen LogP contribution in [0.4, 0.5) is 18.9 Å². The maximum absolute atomic E-state index is 13.9. The predicted molar refractivity (Wildman–Crippen MR) is 140 cm³/mol. The van der Waals surface area contributed by atoms with Crippen molar-refractivity contribution in [2.45, 2.75) is 25.2 Å². The fourth-order valence-corrected chi connectivity index (χ4v) is 4.29. The highest BCUT2D eigenvalue weighted by molar-refractivity contribution is 6.31. The highest BCUT2D eigenvalue weighted by Gasteiger charge is 2.36. The average molecular weight is 546 g/mol. The number of benzene rings is 3. The molecule has 200 valence electrons. The summed E-state index contributed by atoms with van der Waals surface area (Å²) in [5.74, 6) is 0.628. The first-order valence-corrected chi connectivity index (χ1v) is 11.9. The molecule has 0 N–H and O–H groups in total. The van der Waals surface area contributed by atoms with Gasteiger partial charge >= 0.3 is 6.18 Å². The van der Waals surface area contributed by atoms with E-state index >= 15 is 0 Å². The number of nitriles is 1. The largest absolute Gasteiger partial charge is 0.493 e. The summed E-state index contributed by atoms with van der Waals surface area (Å²) in [6.45, 7) is 0.0421. The second kappa shape index (κ2) is 12.1. The van der Waals surface area contributed by atoms with E-state index in [4.69, 9.17) is 21.1 Å². The Bertz CT molecular complexity index is 1340. The number of amides is 1. The molecule has 0 bridgehead atoms. The lowest BCUT2D eigenvalue weighted by Crippen LogP contribution is -2.48. The quantitative estimate of drug-likeness (QED) is 0.332. The average Bonchev–Trinajstić information content (AvgIpc) is 2.90. The molecule has 38 heavy (non-hydrogen) atoms. The number of hydrogen-bond donors (Lipinski definition) is 0. The minimum absolute atomic E-state index is 0.0421. The molecule has 0 heterocycles.